The van der Waals surface area contributed by atoms with Crippen molar-refractivity contribution in [1.29, 1.82) is 0 Å². The first-order valence-corrected chi connectivity index (χ1v) is 10.9. The van der Waals surface area contributed by atoms with E-state index in [0.29, 0.717) is 35.3 Å². The smallest absolute Gasteiger partial charge is 0.269 e. The van der Waals surface area contributed by atoms with Gasteiger partial charge in [-0.25, -0.2) is 4.39 Å². The number of carbonyl (C=O) groups excluding carboxylic acids is 2. The van der Waals surface area contributed by atoms with Crippen LogP contribution in [-0.4, -0.2) is 35.4 Å². The van der Waals surface area contributed by atoms with E-state index in [0.717, 1.165) is 5.69 Å². The Kier molecular flexibility index (Phi) is 5.66. The van der Waals surface area contributed by atoms with E-state index >= 15 is 0 Å². The fourth-order valence-corrected chi connectivity index (χ4v) is 4.55. The second-order valence-electron chi connectivity index (χ2n) is 7.56. The van der Waals surface area contributed by atoms with Crippen molar-refractivity contribution in [2.75, 3.05) is 16.8 Å². The van der Waals surface area contributed by atoms with E-state index < -0.39 is 12.1 Å². The quantitative estimate of drug-likeness (QED) is 0.696. The number of anilines is 2. The van der Waals surface area contributed by atoms with Crippen LogP contribution >= 0.6 is 22.9 Å². The first kappa shape index (κ1) is 20.6. The van der Waals surface area contributed by atoms with Crippen LogP contribution in [0, 0.1) is 11.7 Å². The van der Waals surface area contributed by atoms with Gasteiger partial charge < -0.3 is 5.32 Å². The van der Waals surface area contributed by atoms with Gasteiger partial charge in [0.05, 0.1) is 10.7 Å². The summed E-state index contributed by atoms with van der Waals surface area (Å²) >= 11 is 7.17. The second kappa shape index (κ2) is 8.23. The van der Waals surface area contributed by atoms with Crippen molar-refractivity contribution in [3.63, 3.8) is 0 Å². The maximum atomic E-state index is 13.3. The lowest BCUT2D eigenvalue weighted by Crippen LogP contribution is -2.59. The molecule has 7 nitrogen and oxygen atoms in total. The number of amidine groups is 1. The summed E-state index contributed by atoms with van der Waals surface area (Å²) in [5, 5.41) is 8.96. The van der Waals surface area contributed by atoms with Crippen molar-refractivity contribution in [3.05, 3.63) is 45.4 Å². The van der Waals surface area contributed by atoms with Crippen LogP contribution in [0.2, 0.25) is 5.02 Å². The summed E-state index contributed by atoms with van der Waals surface area (Å²) in [6.45, 7) is 4.72. The maximum absolute atomic E-state index is 13.3. The van der Waals surface area contributed by atoms with Gasteiger partial charge in [-0.05, 0) is 35.6 Å². The Balaban J connectivity index is 1.46. The molecule has 1 aromatic heterocycles. The minimum Gasteiger partial charge on any atom is -0.326 e. The Morgan fingerprint density at radius 2 is 2.20 bits per heavy atom. The van der Waals surface area contributed by atoms with Gasteiger partial charge in [-0.1, -0.05) is 25.4 Å². The summed E-state index contributed by atoms with van der Waals surface area (Å²) in [6.07, 6.45) is 0.163. The number of benzene rings is 1. The van der Waals surface area contributed by atoms with Crippen LogP contribution in [0.3, 0.4) is 0 Å². The lowest BCUT2D eigenvalue weighted by Gasteiger charge is -2.40. The average Bonchev–Trinajstić information content (AvgIpc) is 3.33. The van der Waals surface area contributed by atoms with E-state index in [9.17, 15) is 14.0 Å². The molecule has 1 aromatic carbocycles. The fourth-order valence-electron chi connectivity index (χ4n) is 3.53. The molecule has 2 N–H and O–H groups in total. The van der Waals surface area contributed by atoms with Crippen molar-refractivity contribution in [2.24, 2.45) is 11.0 Å². The second-order valence-corrected chi connectivity index (χ2v) is 8.89. The molecule has 10 heteroatoms. The monoisotopic (exact) mass is 449 g/mol. The SMILES string of the molecule is CC(C)CN1C(=O)c2sccc2N2C(CCC(=O)Nc3ccc(F)c(Cl)c3)=NNC12. The summed E-state index contributed by atoms with van der Waals surface area (Å²) < 4.78 is 13.3. The molecule has 1 unspecified atom stereocenters. The molecule has 0 saturated heterocycles. The number of hydrogen-bond acceptors (Lipinski definition) is 6. The van der Waals surface area contributed by atoms with Gasteiger partial charge in [-0.15, -0.1) is 11.3 Å². The van der Waals surface area contributed by atoms with E-state index in [1.807, 2.05) is 16.3 Å². The average molecular weight is 450 g/mol. The first-order chi connectivity index (χ1) is 14.3. The number of thiophene rings is 1. The Hall–Kier alpha value is -2.65. The molecule has 0 bridgehead atoms. The van der Waals surface area contributed by atoms with Crippen molar-refractivity contribution in [1.82, 2.24) is 10.3 Å². The van der Waals surface area contributed by atoms with E-state index in [-0.39, 0.29) is 23.3 Å². The molecule has 2 aromatic rings. The summed E-state index contributed by atoms with van der Waals surface area (Å²) in [7, 11) is 0. The van der Waals surface area contributed by atoms with E-state index in [2.05, 4.69) is 29.7 Å². The van der Waals surface area contributed by atoms with Gasteiger partial charge in [-0.2, -0.15) is 5.10 Å². The van der Waals surface area contributed by atoms with Crippen LogP contribution in [0.25, 0.3) is 0 Å². The molecule has 2 aliphatic heterocycles. The molecule has 0 saturated carbocycles. The molecule has 0 radical (unpaired) electrons. The molecule has 158 valence electrons. The number of rotatable bonds is 6. The summed E-state index contributed by atoms with van der Waals surface area (Å²) in [5.41, 5.74) is 4.29. The van der Waals surface area contributed by atoms with E-state index in [1.165, 1.54) is 29.5 Å². The third kappa shape index (κ3) is 3.87. The zero-order chi connectivity index (χ0) is 21.4. The summed E-state index contributed by atoms with van der Waals surface area (Å²) in [5.74, 6) is 0.209. The number of nitrogens with one attached hydrogen (secondary N) is 2. The van der Waals surface area contributed by atoms with Crippen LogP contribution in [0.5, 0.6) is 0 Å². The number of nitrogens with zero attached hydrogens (tertiary/aromatic N) is 3. The number of fused-ring (bicyclic) bond motifs is 3. The molecule has 1 atom stereocenters. The van der Waals surface area contributed by atoms with Gasteiger partial charge in [-0.3, -0.25) is 24.8 Å². The van der Waals surface area contributed by atoms with Gasteiger partial charge in [0.2, 0.25) is 12.2 Å². The maximum Gasteiger partial charge on any atom is 0.269 e. The predicted octanol–water partition coefficient (Wildman–Crippen LogP) is 4.08. The zero-order valence-corrected chi connectivity index (χ0v) is 18.1. The van der Waals surface area contributed by atoms with Crippen molar-refractivity contribution >= 4 is 52.0 Å². The van der Waals surface area contributed by atoms with Crippen LogP contribution in [0.4, 0.5) is 15.8 Å². The van der Waals surface area contributed by atoms with Gasteiger partial charge in [0.25, 0.3) is 5.91 Å². The highest BCUT2D eigenvalue weighted by atomic mass is 35.5. The Morgan fingerprint density at radius 1 is 1.40 bits per heavy atom. The topological polar surface area (TPSA) is 77.0 Å². The van der Waals surface area contributed by atoms with Crippen molar-refractivity contribution in [3.8, 4) is 0 Å². The Morgan fingerprint density at radius 3 is 2.93 bits per heavy atom. The lowest BCUT2D eigenvalue weighted by molar-refractivity contribution is -0.116. The highest BCUT2D eigenvalue weighted by Crippen LogP contribution is 2.37. The zero-order valence-electron chi connectivity index (χ0n) is 16.5. The number of hydrogen-bond donors (Lipinski definition) is 2. The van der Waals surface area contributed by atoms with Crippen LogP contribution in [0.15, 0.2) is 34.7 Å². The summed E-state index contributed by atoms with van der Waals surface area (Å²) in [6, 6.07) is 5.94. The van der Waals surface area contributed by atoms with Crippen LogP contribution < -0.4 is 15.6 Å². The first-order valence-electron chi connectivity index (χ1n) is 9.60. The lowest BCUT2D eigenvalue weighted by atomic mass is 10.1. The normalized spacial score (nSPS) is 17.6. The molecule has 3 heterocycles. The molecular weight excluding hydrogens is 429 g/mol. The predicted molar refractivity (Wildman–Crippen MR) is 116 cm³/mol. The summed E-state index contributed by atoms with van der Waals surface area (Å²) in [4.78, 5) is 29.7. The van der Waals surface area contributed by atoms with E-state index in [1.54, 1.807) is 4.90 Å². The molecule has 0 fully saturated rings. The number of carbonyl (C=O) groups is 2. The fraction of sp³-hybridized carbons (Fsp3) is 0.350. The molecule has 4 rings (SSSR count). The number of halogens is 2. The van der Waals surface area contributed by atoms with Gasteiger partial charge in [0.15, 0.2) is 0 Å². The third-order valence-electron chi connectivity index (χ3n) is 4.83. The third-order valence-corrected chi connectivity index (χ3v) is 6.01. The Bertz CT molecular complexity index is 1020. The van der Waals surface area contributed by atoms with E-state index in [4.69, 9.17) is 11.6 Å². The van der Waals surface area contributed by atoms with Gasteiger partial charge in [0, 0.05) is 25.1 Å². The standard InChI is InChI=1S/C20H21ClFN5O2S/c1-11(2)10-26-19(29)18-15(7-8-30-18)27-16(24-25-20(26)27)5-6-17(28)23-12-3-4-14(22)13(21)9-12/h3-4,7-9,11,20,25H,5-6,10H2,1-2H3,(H,23,28). The van der Waals surface area contributed by atoms with Crippen LogP contribution in [0.1, 0.15) is 36.4 Å². The molecule has 0 aliphatic carbocycles. The van der Waals surface area contributed by atoms with Gasteiger partial charge >= 0.3 is 0 Å². The van der Waals surface area contributed by atoms with Crippen molar-refractivity contribution in [2.45, 2.75) is 33.0 Å². The number of amides is 2. The van der Waals surface area contributed by atoms with Crippen LogP contribution in [-0.2, 0) is 4.79 Å². The van der Waals surface area contributed by atoms with Crippen molar-refractivity contribution < 1.29 is 14.0 Å². The molecule has 2 amide bonds. The molecule has 0 spiro atoms. The number of hydrazone groups is 1. The van der Waals surface area contributed by atoms with Gasteiger partial charge in [0.1, 0.15) is 16.5 Å². The molecule has 2 aliphatic rings. The minimum absolute atomic E-state index is 0.00942. The largest absolute Gasteiger partial charge is 0.326 e. The molecular formula is C20H21ClFN5O2S. The highest BCUT2D eigenvalue weighted by molar-refractivity contribution is 7.12. The minimum atomic E-state index is -0.538. The molecule has 30 heavy (non-hydrogen) atoms. The highest BCUT2D eigenvalue weighted by Gasteiger charge is 2.43. The Labute approximate surface area is 182 Å².